The zero-order valence-corrected chi connectivity index (χ0v) is 13.2. The van der Waals surface area contributed by atoms with Crippen LogP contribution in [0.2, 0.25) is 0 Å². The van der Waals surface area contributed by atoms with E-state index in [2.05, 4.69) is 0 Å². The van der Waals surface area contributed by atoms with E-state index in [9.17, 15) is 9.90 Å². The highest BCUT2D eigenvalue weighted by molar-refractivity contribution is 6.10. The lowest BCUT2D eigenvalue weighted by molar-refractivity contribution is 0.104. The van der Waals surface area contributed by atoms with Gasteiger partial charge in [0.25, 0.3) is 0 Å². The van der Waals surface area contributed by atoms with Crippen LogP contribution >= 0.6 is 0 Å². The van der Waals surface area contributed by atoms with Gasteiger partial charge in [-0.3, -0.25) is 4.79 Å². The van der Waals surface area contributed by atoms with Gasteiger partial charge in [0.05, 0.1) is 21.3 Å². The molecule has 0 heterocycles. The van der Waals surface area contributed by atoms with Crippen molar-refractivity contribution in [2.45, 2.75) is 0 Å². The van der Waals surface area contributed by atoms with Gasteiger partial charge in [0.15, 0.2) is 5.78 Å². The Morgan fingerprint density at radius 1 is 1.00 bits per heavy atom. The van der Waals surface area contributed by atoms with Crippen molar-refractivity contribution in [3.05, 3.63) is 53.6 Å². The summed E-state index contributed by atoms with van der Waals surface area (Å²) < 4.78 is 15.3. The molecular formula is C18H18O5. The molecule has 0 radical (unpaired) electrons. The van der Waals surface area contributed by atoms with E-state index in [1.54, 1.807) is 25.3 Å². The lowest BCUT2D eigenvalue weighted by atomic mass is 10.1. The summed E-state index contributed by atoms with van der Waals surface area (Å²) in [5.41, 5.74) is 0.900. The molecule has 2 rings (SSSR count). The first kappa shape index (κ1) is 16.4. The van der Waals surface area contributed by atoms with Crippen LogP contribution in [0.1, 0.15) is 15.9 Å². The van der Waals surface area contributed by atoms with Crippen molar-refractivity contribution >= 4 is 11.9 Å². The number of phenolic OH excluding ortho intramolecular Hbond substituents is 1. The molecule has 0 spiro atoms. The third-order valence-corrected chi connectivity index (χ3v) is 3.28. The number of benzene rings is 2. The Bertz CT molecular complexity index is 734. The Morgan fingerprint density at radius 2 is 1.74 bits per heavy atom. The smallest absolute Gasteiger partial charge is 0.193 e. The summed E-state index contributed by atoms with van der Waals surface area (Å²) in [6, 6.07) is 10.2. The van der Waals surface area contributed by atoms with Crippen LogP contribution in [0.4, 0.5) is 0 Å². The Balaban J connectivity index is 2.31. The topological polar surface area (TPSA) is 65.0 Å². The monoisotopic (exact) mass is 314 g/mol. The second kappa shape index (κ2) is 7.35. The number of rotatable bonds is 6. The average Bonchev–Trinajstić information content (AvgIpc) is 2.58. The maximum absolute atomic E-state index is 12.4. The van der Waals surface area contributed by atoms with Gasteiger partial charge in [0.2, 0.25) is 0 Å². The second-order valence-corrected chi connectivity index (χ2v) is 4.70. The number of methoxy groups -OCH3 is 3. The molecule has 0 aliphatic heterocycles. The van der Waals surface area contributed by atoms with E-state index >= 15 is 0 Å². The molecular weight excluding hydrogens is 296 g/mol. The van der Waals surface area contributed by atoms with Gasteiger partial charge in [-0.25, -0.2) is 0 Å². The van der Waals surface area contributed by atoms with E-state index in [0.29, 0.717) is 11.5 Å². The summed E-state index contributed by atoms with van der Waals surface area (Å²) in [5, 5.41) is 10.0. The number of carbonyl (C=O) groups is 1. The molecule has 0 amide bonds. The predicted octanol–water partition coefficient (Wildman–Crippen LogP) is 3.31. The Hall–Kier alpha value is -2.95. The van der Waals surface area contributed by atoms with Crippen LogP contribution in [0.15, 0.2) is 42.5 Å². The molecule has 120 valence electrons. The first-order valence-electron chi connectivity index (χ1n) is 6.90. The van der Waals surface area contributed by atoms with Crippen molar-refractivity contribution in [2.24, 2.45) is 0 Å². The third-order valence-electron chi connectivity index (χ3n) is 3.28. The highest BCUT2D eigenvalue weighted by Crippen LogP contribution is 2.33. The van der Waals surface area contributed by atoms with Gasteiger partial charge in [-0.15, -0.1) is 0 Å². The molecule has 1 N–H and O–H groups in total. The number of hydrogen-bond donors (Lipinski definition) is 1. The molecule has 0 fully saturated rings. The zero-order chi connectivity index (χ0) is 16.8. The minimum atomic E-state index is -0.371. The van der Waals surface area contributed by atoms with Crippen molar-refractivity contribution in [3.8, 4) is 23.0 Å². The Kier molecular flexibility index (Phi) is 5.25. The SMILES string of the molecule is COc1cccc(/C=C/C(=O)c2c(O)cc(OC)cc2OC)c1. The van der Waals surface area contributed by atoms with Crippen molar-refractivity contribution in [2.75, 3.05) is 21.3 Å². The lowest BCUT2D eigenvalue weighted by Gasteiger charge is -2.10. The molecule has 0 aromatic heterocycles. The Morgan fingerprint density at radius 3 is 2.39 bits per heavy atom. The summed E-state index contributed by atoms with van der Waals surface area (Å²) in [6.45, 7) is 0. The number of hydrogen-bond acceptors (Lipinski definition) is 5. The van der Waals surface area contributed by atoms with Gasteiger partial charge in [0, 0.05) is 12.1 Å². The number of carbonyl (C=O) groups excluding carboxylic acids is 1. The van der Waals surface area contributed by atoms with Gasteiger partial charge in [-0.05, 0) is 23.8 Å². The Labute approximate surface area is 134 Å². The van der Waals surface area contributed by atoms with Gasteiger partial charge >= 0.3 is 0 Å². The van der Waals surface area contributed by atoms with Crippen molar-refractivity contribution in [1.82, 2.24) is 0 Å². The van der Waals surface area contributed by atoms with Crippen molar-refractivity contribution < 1.29 is 24.1 Å². The van der Waals surface area contributed by atoms with E-state index < -0.39 is 0 Å². The molecule has 0 saturated carbocycles. The van der Waals surface area contributed by atoms with E-state index in [4.69, 9.17) is 14.2 Å². The first-order valence-corrected chi connectivity index (χ1v) is 6.90. The summed E-state index contributed by atoms with van der Waals surface area (Å²) in [5.74, 6) is 0.797. The molecule has 2 aromatic carbocycles. The van der Waals surface area contributed by atoms with Gasteiger partial charge in [-0.1, -0.05) is 18.2 Å². The largest absolute Gasteiger partial charge is 0.507 e. The molecule has 2 aromatic rings. The van der Waals surface area contributed by atoms with Crippen LogP contribution in [-0.4, -0.2) is 32.2 Å². The minimum Gasteiger partial charge on any atom is -0.507 e. The fourth-order valence-electron chi connectivity index (χ4n) is 2.10. The molecule has 5 heteroatoms. The number of ether oxygens (including phenoxy) is 3. The van der Waals surface area contributed by atoms with E-state index in [-0.39, 0.29) is 22.8 Å². The normalized spacial score (nSPS) is 10.6. The third kappa shape index (κ3) is 3.83. The van der Waals surface area contributed by atoms with Gasteiger partial charge in [-0.2, -0.15) is 0 Å². The molecule has 0 atom stereocenters. The molecule has 0 bridgehead atoms. The second-order valence-electron chi connectivity index (χ2n) is 4.70. The maximum Gasteiger partial charge on any atom is 0.193 e. The highest BCUT2D eigenvalue weighted by atomic mass is 16.5. The minimum absolute atomic E-state index is 0.0902. The zero-order valence-electron chi connectivity index (χ0n) is 13.2. The first-order chi connectivity index (χ1) is 11.1. The van der Waals surface area contributed by atoms with E-state index in [1.807, 2.05) is 18.2 Å². The molecule has 0 unspecified atom stereocenters. The molecule has 5 nitrogen and oxygen atoms in total. The van der Waals surface area contributed by atoms with Crippen LogP contribution in [0.5, 0.6) is 23.0 Å². The van der Waals surface area contributed by atoms with Crippen LogP contribution in [0.3, 0.4) is 0 Å². The maximum atomic E-state index is 12.4. The van der Waals surface area contributed by atoms with Crippen LogP contribution < -0.4 is 14.2 Å². The number of phenols is 1. The highest BCUT2D eigenvalue weighted by Gasteiger charge is 2.17. The summed E-state index contributed by atoms with van der Waals surface area (Å²) >= 11 is 0. The molecule has 0 saturated heterocycles. The quantitative estimate of drug-likeness (QED) is 0.654. The number of allylic oxidation sites excluding steroid dienone is 1. The fraction of sp³-hybridized carbons (Fsp3) is 0.167. The van der Waals surface area contributed by atoms with E-state index in [0.717, 1.165) is 5.56 Å². The van der Waals surface area contributed by atoms with Crippen molar-refractivity contribution in [3.63, 3.8) is 0 Å². The summed E-state index contributed by atoms with van der Waals surface area (Å²) in [7, 11) is 4.48. The fourth-order valence-corrected chi connectivity index (χ4v) is 2.10. The lowest BCUT2D eigenvalue weighted by Crippen LogP contribution is -2.00. The van der Waals surface area contributed by atoms with Gasteiger partial charge < -0.3 is 19.3 Å². The molecule has 23 heavy (non-hydrogen) atoms. The van der Waals surface area contributed by atoms with Gasteiger partial charge in [0.1, 0.15) is 28.6 Å². The number of aromatic hydroxyl groups is 1. The van der Waals surface area contributed by atoms with Crippen LogP contribution in [0.25, 0.3) is 6.08 Å². The van der Waals surface area contributed by atoms with E-state index in [1.165, 1.54) is 26.4 Å². The molecule has 0 aliphatic carbocycles. The predicted molar refractivity (Wildman–Crippen MR) is 87.6 cm³/mol. The summed E-state index contributed by atoms with van der Waals surface area (Å²) in [4.78, 5) is 12.4. The standard InChI is InChI=1S/C18H18O5/c1-21-13-6-4-5-12(9-13)7-8-15(19)18-16(20)10-14(22-2)11-17(18)23-3/h4-11,20H,1-3H3/b8-7+. The number of ketones is 1. The molecule has 0 aliphatic rings. The van der Waals surface area contributed by atoms with Crippen LogP contribution in [0, 0.1) is 0 Å². The van der Waals surface area contributed by atoms with Crippen molar-refractivity contribution in [1.29, 1.82) is 0 Å². The van der Waals surface area contributed by atoms with Crippen LogP contribution in [-0.2, 0) is 0 Å². The average molecular weight is 314 g/mol. The summed E-state index contributed by atoms with van der Waals surface area (Å²) in [6.07, 6.45) is 3.02.